The zero-order valence-corrected chi connectivity index (χ0v) is 19.1. The molecule has 0 radical (unpaired) electrons. The molecule has 3 rings (SSSR count). The van der Waals surface area contributed by atoms with Gasteiger partial charge in [0.25, 0.3) is 0 Å². The molecule has 2 aromatic rings. The summed E-state index contributed by atoms with van der Waals surface area (Å²) in [6.45, 7) is 6.03. The fourth-order valence-electron chi connectivity index (χ4n) is 3.87. The van der Waals surface area contributed by atoms with Crippen molar-refractivity contribution in [2.45, 2.75) is 51.7 Å². The van der Waals surface area contributed by atoms with Gasteiger partial charge in [-0.3, -0.25) is 0 Å². The maximum atomic E-state index is 13.2. The average Bonchev–Trinajstić information content (AvgIpc) is 3.15. The second-order valence-corrected chi connectivity index (χ2v) is 8.92. The Kier molecular flexibility index (Phi) is 7.33. The van der Waals surface area contributed by atoms with Crippen LogP contribution in [0.2, 0.25) is 0 Å². The number of carbonyl (C=O) groups is 2. The van der Waals surface area contributed by atoms with Crippen molar-refractivity contribution < 1.29 is 23.5 Å². The molecule has 0 bridgehead atoms. The minimum absolute atomic E-state index is 0.0982. The van der Waals surface area contributed by atoms with Gasteiger partial charge in [-0.05, 0) is 80.5 Å². The predicted octanol–water partition coefficient (Wildman–Crippen LogP) is 5.48. The Morgan fingerprint density at radius 1 is 1.16 bits per heavy atom. The van der Waals surface area contributed by atoms with E-state index in [0.29, 0.717) is 13.0 Å². The Bertz CT molecular complexity index is 992. The van der Waals surface area contributed by atoms with Crippen molar-refractivity contribution in [2.75, 3.05) is 13.7 Å². The summed E-state index contributed by atoms with van der Waals surface area (Å²) >= 11 is 0. The lowest BCUT2D eigenvalue weighted by molar-refractivity contribution is -0.134. The van der Waals surface area contributed by atoms with Crippen molar-refractivity contribution in [2.24, 2.45) is 0 Å². The Morgan fingerprint density at radius 3 is 2.53 bits per heavy atom. The van der Waals surface area contributed by atoms with Crippen LogP contribution in [0, 0.1) is 5.82 Å². The molecule has 1 aliphatic rings. The summed E-state index contributed by atoms with van der Waals surface area (Å²) in [5.41, 5.74) is 3.50. The van der Waals surface area contributed by atoms with E-state index in [9.17, 15) is 14.0 Å². The first-order chi connectivity index (χ1) is 15.2. The van der Waals surface area contributed by atoms with Crippen molar-refractivity contribution in [3.05, 3.63) is 76.6 Å². The number of halogens is 1. The highest BCUT2D eigenvalue weighted by atomic mass is 19.1. The summed E-state index contributed by atoms with van der Waals surface area (Å²) in [7, 11) is 1.34. The molecule has 32 heavy (non-hydrogen) atoms. The highest BCUT2D eigenvalue weighted by Crippen LogP contribution is 2.37. The molecule has 6 heteroatoms. The minimum Gasteiger partial charge on any atom is -0.466 e. The van der Waals surface area contributed by atoms with Crippen LogP contribution in [-0.2, 0) is 27.1 Å². The topological polar surface area (TPSA) is 55.8 Å². The summed E-state index contributed by atoms with van der Waals surface area (Å²) < 4.78 is 23.6. The monoisotopic (exact) mass is 439 g/mol. The lowest BCUT2D eigenvalue weighted by Crippen LogP contribution is -2.40. The van der Waals surface area contributed by atoms with E-state index in [4.69, 9.17) is 4.74 Å². The highest BCUT2D eigenvalue weighted by Gasteiger charge is 2.33. The summed E-state index contributed by atoms with van der Waals surface area (Å²) in [6, 6.07) is 12.2. The summed E-state index contributed by atoms with van der Waals surface area (Å²) in [4.78, 5) is 26.2. The molecule has 170 valence electrons. The quantitative estimate of drug-likeness (QED) is 0.442. The lowest BCUT2D eigenvalue weighted by atomic mass is 10.0. The van der Waals surface area contributed by atoms with E-state index in [1.54, 1.807) is 23.1 Å². The van der Waals surface area contributed by atoms with Crippen LogP contribution in [0.25, 0.3) is 6.08 Å². The number of esters is 1. The first-order valence-corrected chi connectivity index (χ1v) is 10.8. The molecule has 0 fully saturated rings. The number of fused-ring (bicyclic) bond motifs is 1. The van der Waals surface area contributed by atoms with Crippen LogP contribution in [0.5, 0.6) is 0 Å². The van der Waals surface area contributed by atoms with Gasteiger partial charge in [0, 0.05) is 12.6 Å². The van der Waals surface area contributed by atoms with E-state index >= 15 is 0 Å². The van der Waals surface area contributed by atoms with Gasteiger partial charge in [-0.25, -0.2) is 14.0 Å². The predicted molar refractivity (Wildman–Crippen MR) is 122 cm³/mol. The van der Waals surface area contributed by atoms with Crippen LogP contribution in [0.15, 0.2) is 48.5 Å². The molecule has 0 aliphatic heterocycles. The van der Waals surface area contributed by atoms with E-state index in [2.05, 4.69) is 4.74 Å². The normalized spacial score (nSPS) is 15.5. The fourth-order valence-corrected chi connectivity index (χ4v) is 3.87. The first-order valence-electron chi connectivity index (χ1n) is 10.8. The van der Waals surface area contributed by atoms with Gasteiger partial charge < -0.3 is 14.4 Å². The third kappa shape index (κ3) is 6.19. The van der Waals surface area contributed by atoms with Gasteiger partial charge in [-0.1, -0.05) is 30.3 Å². The third-order valence-electron chi connectivity index (χ3n) is 5.39. The molecule has 1 unspecified atom stereocenters. The number of nitrogens with zero attached hydrogens (tertiary/aromatic N) is 1. The van der Waals surface area contributed by atoms with Crippen molar-refractivity contribution in [1.82, 2.24) is 4.90 Å². The number of hydrogen-bond donors (Lipinski definition) is 0. The van der Waals surface area contributed by atoms with E-state index in [1.807, 2.05) is 39.0 Å². The maximum Gasteiger partial charge on any atom is 0.410 e. The molecule has 0 spiro atoms. The number of amides is 1. The molecule has 0 saturated carbocycles. The highest BCUT2D eigenvalue weighted by molar-refractivity contribution is 5.87. The third-order valence-corrected chi connectivity index (χ3v) is 5.39. The van der Waals surface area contributed by atoms with Crippen molar-refractivity contribution >= 4 is 18.1 Å². The largest absolute Gasteiger partial charge is 0.466 e. The molecule has 0 heterocycles. The van der Waals surface area contributed by atoms with Crippen LogP contribution in [0.1, 0.15) is 55.5 Å². The van der Waals surface area contributed by atoms with Gasteiger partial charge in [0.15, 0.2) is 0 Å². The molecule has 5 nitrogen and oxygen atoms in total. The minimum atomic E-state index is -0.602. The van der Waals surface area contributed by atoms with Crippen LogP contribution < -0.4 is 0 Å². The van der Waals surface area contributed by atoms with Gasteiger partial charge in [-0.2, -0.15) is 0 Å². The van der Waals surface area contributed by atoms with Crippen molar-refractivity contribution in [3.8, 4) is 0 Å². The number of aryl methyl sites for hydroxylation is 1. The maximum absolute atomic E-state index is 13.2. The van der Waals surface area contributed by atoms with Gasteiger partial charge in [-0.15, -0.1) is 0 Å². The first kappa shape index (κ1) is 23.5. The van der Waals surface area contributed by atoms with E-state index < -0.39 is 11.6 Å². The van der Waals surface area contributed by atoms with Crippen LogP contribution >= 0.6 is 0 Å². The van der Waals surface area contributed by atoms with Crippen molar-refractivity contribution in [1.29, 1.82) is 0 Å². The average molecular weight is 440 g/mol. The number of ether oxygens (including phenoxy) is 2. The van der Waals surface area contributed by atoms with Crippen molar-refractivity contribution in [3.63, 3.8) is 0 Å². The van der Waals surface area contributed by atoms with Crippen LogP contribution in [0.3, 0.4) is 0 Å². The second-order valence-electron chi connectivity index (χ2n) is 8.92. The number of methoxy groups -OCH3 is 1. The number of carbonyl (C=O) groups excluding carboxylic acids is 2. The molecular formula is C26H30FNO4. The zero-order valence-electron chi connectivity index (χ0n) is 19.1. The lowest BCUT2D eigenvalue weighted by Gasteiger charge is -2.32. The van der Waals surface area contributed by atoms with Crippen LogP contribution in [-0.4, -0.2) is 36.2 Å². The smallest absolute Gasteiger partial charge is 0.410 e. The van der Waals surface area contributed by atoms with Gasteiger partial charge >= 0.3 is 12.1 Å². The fraction of sp³-hybridized carbons (Fsp3) is 0.385. The molecule has 1 atom stereocenters. The number of rotatable bonds is 6. The summed E-state index contributed by atoms with van der Waals surface area (Å²) in [6.07, 6.45) is 4.99. The SMILES string of the molecule is COC(=O)/C=C/c1ccc2c(c1)CCC2N(CCc1ccc(F)cc1)C(=O)OC(C)(C)C. The molecule has 0 saturated heterocycles. The summed E-state index contributed by atoms with van der Waals surface area (Å²) in [5.74, 6) is -0.681. The van der Waals surface area contributed by atoms with E-state index in [-0.39, 0.29) is 18.0 Å². The zero-order chi connectivity index (χ0) is 23.3. The molecule has 2 aromatic carbocycles. The van der Waals surface area contributed by atoms with Crippen LogP contribution in [0.4, 0.5) is 9.18 Å². The molecule has 1 aliphatic carbocycles. The van der Waals surface area contributed by atoms with Gasteiger partial charge in [0.1, 0.15) is 11.4 Å². The number of hydrogen-bond acceptors (Lipinski definition) is 4. The Labute approximate surface area is 188 Å². The Morgan fingerprint density at radius 2 is 1.88 bits per heavy atom. The van der Waals surface area contributed by atoms with E-state index in [1.165, 1.54) is 25.3 Å². The Balaban J connectivity index is 1.82. The molecule has 0 aromatic heterocycles. The van der Waals surface area contributed by atoms with Gasteiger partial charge in [0.2, 0.25) is 0 Å². The van der Waals surface area contributed by atoms with E-state index in [0.717, 1.165) is 35.1 Å². The molecule has 1 amide bonds. The standard InChI is InChI=1S/C26H30FNO4/c1-26(2,3)32-25(30)28(16-15-18-5-10-21(27)11-6-18)23-13-9-20-17-19(7-12-22(20)23)8-14-24(29)31-4/h5-8,10-12,14,17,23H,9,13,15-16H2,1-4H3/b14-8+. The van der Waals surface area contributed by atoms with Gasteiger partial charge in [0.05, 0.1) is 13.2 Å². The summed E-state index contributed by atoms with van der Waals surface area (Å²) in [5, 5.41) is 0. The molecule has 0 N–H and O–H groups in total. The Hall–Kier alpha value is -3.15. The molecular weight excluding hydrogens is 409 g/mol. The second kappa shape index (κ2) is 9.98. The number of benzene rings is 2.